The minimum atomic E-state index is -0.152. The van der Waals surface area contributed by atoms with Crippen LogP contribution >= 0.6 is 0 Å². The van der Waals surface area contributed by atoms with Crippen molar-refractivity contribution in [1.82, 2.24) is 19.8 Å². The van der Waals surface area contributed by atoms with Crippen molar-refractivity contribution >= 4 is 5.91 Å². The van der Waals surface area contributed by atoms with E-state index >= 15 is 0 Å². The molecule has 2 heterocycles. The molecule has 1 N–H and O–H groups in total. The quantitative estimate of drug-likeness (QED) is 0.777. The highest BCUT2D eigenvalue weighted by atomic mass is 16.2. The van der Waals surface area contributed by atoms with Crippen molar-refractivity contribution in [1.29, 1.82) is 0 Å². The summed E-state index contributed by atoms with van der Waals surface area (Å²) in [5.41, 5.74) is 0. The van der Waals surface area contributed by atoms with Crippen LogP contribution < -0.4 is 5.32 Å². The van der Waals surface area contributed by atoms with Crippen molar-refractivity contribution in [3.63, 3.8) is 0 Å². The van der Waals surface area contributed by atoms with Gasteiger partial charge in [0.1, 0.15) is 11.9 Å². The summed E-state index contributed by atoms with van der Waals surface area (Å²) in [7, 11) is 0. The lowest BCUT2D eigenvalue weighted by atomic mass is 10.2. The Bertz CT molecular complexity index is 368. The van der Waals surface area contributed by atoms with Gasteiger partial charge < -0.3 is 14.8 Å². The molecular weight excluding hydrogens is 204 g/mol. The Hall–Kier alpha value is -1.36. The molecule has 0 aliphatic carbocycles. The van der Waals surface area contributed by atoms with Gasteiger partial charge in [0.25, 0.3) is 0 Å². The molecule has 1 aromatic rings. The smallest absolute Gasteiger partial charge is 0.245 e. The lowest BCUT2D eigenvalue weighted by molar-refractivity contribution is -0.134. The molecule has 0 aromatic carbocycles. The fourth-order valence-electron chi connectivity index (χ4n) is 2.07. The molecule has 1 fully saturated rings. The van der Waals surface area contributed by atoms with Crippen LogP contribution in [0.1, 0.15) is 18.8 Å². The van der Waals surface area contributed by atoms with Crippen molar-refractivity contribution in [3.8, 4) is 0 Å². The molecular formula is C11H18N4O. The van der Waals surface area contributed by atoms with Gasteiger partial charge in [0.2, 0.25) is 5.91 Å². The summed E-state index contributed by atoms with van der Waals surface area (Å²) < 4.78 is 1.92. The summed E-state index contributed by atoms with van der Waals surface area (Å²) in [6.07, 6.45) is 3.59. The van der Waals surface area contributed by atoms with Crippen molar-refractivity contribution in [2.75, 3.05) is 26.2 Å². The highest BCUT2D eigenvalue weighted by Crippen LogP contribution is 2.12. The third-order valence-electron chi connectivity index (χ3n) is 3.07. The molecule has 16 heavy (non-hydrogen) atoms. The van der Waals surface area contributed by atoms with Crippen molar-refractivity contribution < 1.29 is 4.79 Å². The number of carbonyl (C=O) groups is 1. The molecule has 0 radical (unpaired) electrons. The molecule has 88 valence electrons. The zero-order valence-corrected chi connectivity index (χ0v) is 9.81. The number of aromatic nitrogens is 2. The number of nitrogens with one attached hydrogen (secondary N) is 1. The van der Waals surface area contributed by atoms with Gasteiger partial charge in [-0.3, -0.25) is 4.79 Å². The number of nitrogens with zero attached hydrogens (tertiary/aromatic N) is 3. The molecule has 1 aliphatic rings. The first-order chi connectivity index (χ1) is 7.70. The minimum absolute atomic E-state index is 0.152. The highest BCUT2D eigenvalue weighted by Gasteiger charge is 2.23. The van der Waals surface area contributed by atoms with Crippen molar-refractivity contribution in [2.45, 2.75) is 19.9 Å². The SMILES string of the molecule is Cc1nccn1C(C)C(=O)N1CCNCC1. The zero-order valence-electron chi connectivity index (χ0n) is 9.81. The predicted molar refractivity (Wildman–Crippen MR) is 61.1 cm³/mol. The Morgan fingerprint density at radius 1 is 1.50 bits per heavy atom. The van der Waals surface area contributed by atoms with Crippen molar-refractivity contribution in [2.24, 2.45) is 0 Å². The summed E-state index contributed by atoms with van der Waals surface area (Å²) in [4.78, 5) is 18.3. The molecule has 1 aliphatic heterocycles. The van der Waals surface area contributed by atoms with Crippen LogP contribution in [0.5, 0.6) is 0 Å². The van der Waals surface area contributed by atoms with E-state index in [-0.39, 0.29) is 11.9 Å². The summed E-state index contributed by atoms with van der Waals surface area (Å²) in [6, 6.07) is -0.152. The third kappa shape index (κ3) is 2.09. The molecule has 1 aromatic heterocycles. The van der Waals surface area contributed by atoms with Gasteiger partial charge in [-0.25, -0.2) is 4.98 Å². The number of hydrogen-bond donors (Lipinski definition) is 1. The average molecular weight is 222 g/mol. The standard InChI is InChI=1S/C11H18N4O/c1-9(15-8-5-13-10(15)2)11(16)14-6-3-12-4-7-14/h5,8-9,12H,3-4,6-7H2,1-2H3. The maximum Gasteiger partial charge on any atom is 0.245 e. The zero-order chi connectivity index (χ0) is 11.5. The topological polar surface area (TPSA) is 50.2 Å². The van der Waals surface area contributed by atoms with E-state index < -0.39 is 0 Å². The fraction of sp³-hybridized carbons (Fsp3) is 0.636. The Balaban J connectivity index is 2.06. The number of amides is 1. The molecule has 0 spiro atoms. The lowest BCUT2D eigenvalue weighted by Gasteiger charge is -2.30. The van der Waals surface area contributed by atoms with Crippen LogP contribution in [0, 0.1) is 6.92 Å². The molecule has 1 atom stereocenters. The molecule has 2 rings (SSSR count). The number of rotatable bonds is 2. The van der Waals surface area contributed by atoms with Crippen LogP contribution in [-0.2, 0) is 4.79 Å². The van der Waals surface area contributed by atoms with E-state index in [9.17, 15) is 4.79 Å². The van der Waals surface area contributed by atoms with E-state index in [1.807, 2.05) is 29.5 Å². The van der Waals surface area contributed by atoms with Gasteiger partial charge in [0, 0.05) is 38.6 Å². The van der Waals surface area contributed by atoms with Gasteiger partial charge in [-0.2, -0.15) is 0 Å². The average Bonchev–Trinajstić information content (AvgIpc) is 2.75. The van der Waals surface area contributed by atoms with Gasteiger partial charge >= 0.3 is 0 Å². The summed E-state index contributed by atoms with van der Waals surface area (Å²) >= 11 is 0. The number of hydrogen-bond acceptors (Lipinski definition) is 3. The molecule has 0 bridgehead atoms. The second kappa shape index (κ2) is 4.65. The maximum atomic E-state index is 12.2. The van der Waals surface area contributed by atoms with E-state index in [1.54, 1.807) is 6.20 Å². The van der Waals surface area contributed by atoms with Gasteiger partial charge in [-0.1, -0.05) is 0 Å². The molecule has 1 amide bonds. The van der Waals surface area contributed by atoms with E-state index in [2.05, 4.69) is 10.3 Å². The Morgan fingerprint density at radius 3 is 2.75 bits per heavy atom. The molecule has 1 unspecified atom stereocenters. The number of imidazole rings is 1. The highest BCUT2D eigenvalue weighted by molar-refractivity contribution is 5.80. The van der Waals surface area contributed by atoms with Gasteiger partial charge in [0.05, 0.1) is 0 Å². The summed E-state index contributed by atoms with van der Waals surface area (Å²) in [6.45, 7) is 7.23. The second-order valence-corrected chi connectivity index (χ2v) is 4.13. The van der Waals surface area contributed by atoms with Crippen LogP contribution in [0.4, 0.5) is 0 Å². The minimum Gasteiger partial charge on any atom is -0.338 e. The first kappa shape index (κ1) is 11.1. The van der Waals surface area contributed by atoms with Crippen LogP contribution in [-0.4, -0.2) is 46.5 Å². The second-order valence-electron chi connectivity index (χ2n) is 4.13. The lowest BCUT2D eigenvalue weighted by Crippen LogP contribution is -2.48. The first-order valence-corrected chi connectivity index (χ1v) is 5.69. The van der Waals surface area contributed by atoms with Crippen LogP contribution in [0.2, 0.25) is 0 Å². The normalized spacial score (nSPS) is 18.5. The van der Waals surface area contributed by atoms with E-state index in [1.165, 1.54) is 0 Å². The Morgan fingerprint density at radius 2 is 2.19 bits per heavy atom. The van der Waals surface area contributed by atoms with Gasteiger partial charge in [-0.15, -0.1) is 0 Å². The summed E-state index contributed by atoms with van der Waals surface area (Å²) in [5, 5.41) is 3.24. The third-order valence-corrected chi connectivity index (χ3v) is 3.07. The summed E-state index contributed by atoms with van der Waals surface area (Å²) in [5.74, 6) is 1.07. The van der Waals surface area contributed by atoms with Crippen LogP contribution in [0.3, 0.4) is 0 Å². The van der Waals surface area contributed by atoms with E-state index in [4.69, 9.17) is 0 Å². The molecule has 0 saturated carbocycles. The van der Waals surface area contributed by atoms with Gasteiger partial charge in [-0.05, 0) is 13.8 Å². The molecule has 5 nitrogen and oxygen atoms in total. The Kier molecular flexibility index (Phi) is 3.24. The Labute approximate surface area is 95.5 Å². The largest absolute Gasteiger partial charge is 0.338 e. The number of aryl methyl sites for hydroxylation is 1. The molecule has 5 heteroatoms. The number of carbonyl (C=O) groups excluding carboxylic acids is 1. The van der Waals surface area contributed by atoms with Crippen molar-refractivity contribution in [3.05, 3.63) is 18.2 Å². The van der Waals surface area contributed by atoms with E-state index in [0.717, 1.165) is 32.0 Å². The molecule has 1 saturated heterocycles. The fourth-order valence-corrected chi connectivity index (χ4v) is 2.07. The van der Waals surface area contributed by atoms with Crippen LogP contribution in [0.15, 0.2) is 12.4 Å². The van der Waals surface area contributed by atoms with Gasteiger partial charge in [0.15, 0.2) is 0 Å². The predicted octanol–water partition coefficient (Wildman–Crippen LogP) is 0.184. The number of piperazine rings is 1. The van der Waals surface area contributed by atoms with E-state index in [0.29, 0.717) is 0 Å². The maximum absolute atomic E-state index is 12.2. The monoisotopic (exact) mass is 222 g/mol. The van der Waals surface area contributed by atoms with Crippen LogP contribution in [0.25, 0.3) is 0 Å². The first-order valence-electron chi connectivity index (χ1n) is 5.69.